The Hall–Kier alpha value is -2.29. The average molecular weight is 382 g/mol. The third kappa shape index (κ3) is 4.59. The Kier molecular flexibility index (Phi) is 5.80. The number of aromatic nitrogens is 4. The molecule has 0 saturated carbocycles. The van der Waals surface area contributed by atoms with E-state index >= 15 is 0 Å². The summed E-state index contributed by atoms with van der Waals surface area (Å²) in [6.45, 7) is 1.77. The summed E-state index contributed by atoms with van der Waals surface area (Å²) in [5, 5.41) is 14.4. The number of rotatable bonds is 6. The zero-order chi connectivity index (χ0) is 16.8. The highest BCUT2D eigenvalue weighted by molar-refractivity contribution is 9.10. The van der Waals surface area contributed by atoms with Crippen LogP contribution >= 0.6 is 15.9 Å². The van der Waals surface area contributed by atoms with Gasteiger partial charge in [-0.05, 0) is 35.5 Å². The maximum absolute atomic E-state index is 11.9. The van der Waals surface area contributed by atoms with Gasteiger partial charge < -0.3 is 10.1 Å². The van der Waals surface area contributed by atoms with Gasteiger partial charge in [0.1, 0.15) is 0 Å². The normalized spacial score (nSPS) is 11.8. The van der Waals surface area contributed by atoms with E-state index in [1.54, 1.807) is 11.6 Å². The molecule has 1 aromatic heterocycles. The van der Waals surface area contributed by atoms with Crippen LogP contribution in [0, 0.1) is 0 Å². The predicted molar refractivity (Wildman–Crippen MR) is 84.7 cm³/mol. The highest BCUT2D eigenvalue weighted by atomic mass is 79.9. The Morgan fingerprint density at radius 1 is 1.39 bits per heavy atom. The average Bonchev–Trinajstić information content (AvgIpc) is 3.02. The van der Waals surface area contributed by atoms with Crippen molar-refractivity contribution in [2.45, 2.75) is 25.8 Å². The van der Waals surface area contributed by atoms with Crippen molar-refractivity contribution in [1.29, 1.82) is 0 Å². The summed E-state index contributed by atoms with van der Waals surface area (Å²) in [4.78, 5) is 22.9. The Morgan fingerprint density at radius 2 is 2.17 bits per heavy atom. The summed E-state index contributed by atoms with van der Waals surface area (Å²) < 4.78 is 6.95. The molecule has 9 heteroatoms. The molecule has 0 radical (unpaired) electrons. The van der Waals surface area contributed by atoms with Gasteiger partial charge in [0.15, 0.2) is 5.82 Å². The topological polar surface area (TPSA) is 99.0 Å². The van der Waals surface area contributed by atoms with Crippen molar-refractivity contribution in [1.82, 2.24) is 25.5 Å². The van der Waals surface area contributed by atoms with E-state index in [4.69, 9.17) is 0 Å². The SMILES string of the molecule is COC(=O)CCC(=O)NC(C)c1nnnn1-c1cccc(Br)c1. The third-order valence-corrected chi connectivity index (χ3v) is 3.59. The van der Waals surface area contributed by atoms with Crippen LogP contribution in [-0.2, 0) is 14.3 Å². The van der Waals surface area contributed by atoms with Crippen molar-refractivity contribution in [3.63, 3.8) is 0 Å². The Balaban J connectivity index is 2.06. The number of esters is 1. The van der Waals surface area contributed by atoms with Crippen LogP contribution in [0.25, 0.3) is 5.69 Å². The molecule has 0 spiro atoms. The lowest BCUT2D eigenvalue weighted by Gasteiger charge is -2.13. The monoisotopic (exact) mass is 381 g/mol. The van der Waals surface area contributed by atoms with Crippen LogP contribution < -0.4 is 5.32 Å². The van der Waals surface area contributed by atoms with Crippen molar-refractivity contribution >= 4 is 27.8 Å². The van der Waals surface area contributed by atoms with E-state index < -0.39 is 12.0 Å². The van der Waals surface area contributed by atoms with E-state index in [2.05, 4.69) is 41.5 Å². The van der Waals surface area contributed by atoms with Gasteiger partial charge in [0.2, 0.25) is 5.91 Å². The Morgan fingerprint density at radius 3 is 2.87 bits per heavy atom. The number of ether oxygens (including phenoxy) is 1. The first-order valence-corrected chi connectivity index (χ1v) is 7.71. The molecule has 8 nitrogen and oxygen atoms in total. The second-order valence-corrected chi connectivity index (χ2v) is 5.71. The molecule has 1 heterocycles. The largest absolute Gasteiger partial charge is 0.469 e. The fourth-order valence-electron chi connectivity index (χ4n) is 1.95. The first kappa shape index (κ1) is 17.1. The van der Waals surface area contributed by atoms with E-state index in [9.17, 15) is 9.59 Å². The molecule has 2 rings (SSSR count). The van der Waals surface area contributed by atoms with E-state index in [0.717, 1.165) is 10.2 Å². The summed E-state index contributed by atoms with van der Waals surface area (Å²) in [7, 11) is 1.29. The van der Waals surface area contributed by atoms with Gasteiger partial charge in [0, 0.05) is 10.9 Å². The molecule has 1 aromatic carbocycles. The molecule has 0 fully saturated rings. The van der Waals surface area contributed by atoms with E-state index in [-0.39, 0.29) is 18.7 Å². The van der Waals surface area contributed by atoms with Crippen LogP contribution in [0.15, 0.2) is 28.7 Å². The summed E-state index contributed by atoms with van der Waals surface area (Å²) in [5.74, 6) is -0.201. The maximum atomic E-state index is 11.9. The third-order valence-electron chi connectivity index (χ3n) is 3.10. The minimum absolute atomic E-state index is 0.0334. The van der Waals surface area contributed by atoms with E-state index in [0.29, 0.717) is 5.82 Å². The number of carbonyl (C=O) groups excluding carboxylic acids is 2. The fourth-order valence-corrected chi connectivity index (χ4v) is 2.34. The molecule has 1 atom stereocenters. The molecular weight excluding hydrogens is 366 g/mol. The number of hydrogen-bond acceptors (Lipinski definition) is 6. The zero-order valence-corrected chi connectivity index (χ0v) is 14.3. The maximum Gasteiger partial charge on any atom is 0.306 e. The zero-order valence-electron chi connectivity index (χ0n) is 12.7. The standard InChI is InChI=1S/C14H16BrN5O3/c1-9(16-12(21)6-7-13(22)23-2)14-17-18-19-20(14)11-5-3-4-10(15)8-11/h3-5,8-9H,6-7H2,1-2H3,(H,16,21). The lowest BCUT2D eigenvalue weighted by Crippen LogP contribution is -2.29. The van der Waals surface area contributed by atoms with Crippen molar-refractivity contribution in [3.8, 4) is 5.69 Å². The summed E-state index contributed by atoms with van der Waals surface area (Å²) in [6, 6.07) is 7.08. The number of benzene rings is 1. The van der Waals surface area contributed by atoms with Gasteiger partial charge in [-0.2, -0.15) is 4.68 Å². The van der Waals surface area contributed by atoms with Crippen LogP contribution in [0.2, 0.25) is 0 Å². The molecule has 1 unspecified atom stereocenters. The van der Waals surface area contributed by atoms with Crippen molar-refractivity contribution in [3.05, 3.63) is 34.6 Å². The first-order valence-electron chi connectivity index (χ1n) is 6.91. The molecule has 0 aliphatic rings. The minimum Gasteiger partial charge on any atom is -0.469 e. The highest BCUT2D eigenvalue weighted by Gasteiger charge is 2.18. The molecule has 0 saturated heterocycles. The van der Waals surface area contributed by atoms with Crippen LogP contribution in [-0.4, -0.2) is 39.2 Å². The lowest BCUT2D eigenvalue weighted by atomic mass is 10.2. The van der Waals surface area contributed by atoms with Crippen molar-refractivity contribution < 1.29 is 14.3 Å². The fraction of sp³-hybridized carbons (Fsp3) is 0.357. The molecule has 1 N–H and O–H groups in total. The van der Waals surface area contributed by atoms with Gasteiger partial charge in [0.05, 0.1) is 25.3 Å². The number of hydrogen-bond donors (Lipinski definition) is 1. The van der Waals surface area contributed by atoms with Gasteiger partial charge in [-0.25, -0.2) is 0 Å². The Bertz CT molecular complexity index is 703. The second-order valence-electron chi connectivity index (χ2n) is 4.79. The smallest absolute Gasteiger partial charge is 0.306 e. The number of nitrogens with zero attached hydrogens (tertiary/aromatic N) is 4. The minimum atomic E-state index is -0.424. The second kappa shape index (κ2) is 7.82. The summed E-state index contributed by atoms with van der Waals surface area (Å²) in [6.07, 6.45) is 0.0844. The van der Waals surface area contributed by atoms with Crippen LogP contribution in [0.3, 0.4) is 0 Å². The molecule has 1 amide bonds. The van der Waals surface area contributed by atoms with Crippen LogP contribution in [0.4, 0.5) is 0 Å². The number of amides is 1. The quantitative estimate of drug-likeness (QED) is 0.762. The first-order chi connectivity index (χ1) is 11.0. The van der Waals surface area contributed by atoms with Gasteiger partial charge in [-0.3, -0.25) is 9.59 Å². The van der Waals surface area contributed by atoms with Gasteiger partial charge >= 0.3 is 5.97 Å². The van der Waals surface area contributed by atoms with Crippen molar-refractivity contribution in [2.24, 2.45) is 0 Å². The number of halogens is 1. The highest BCUT2D eigenvalue weighted by Crippen LogP contribution is 2.18. The van der Waals surface area contributed by atoms with E-state index in [1.165, 1.54) is 7.11 Å². The van der Waals surface area contributed by atoms with Gasteiger partial charge in [0.25, 0.3) is 0 Å². The summed E-state index contributed by atoms with van der Waals surface area (Å²) >= 11 is 3.40. The van der Waals surface area contributed by atoms with Gasteiger partial charge in [-0.1, -0.05) is 22.0 Å². The lowest BCUT2D eigenvalue weighted by molar-refractivity contribution is -0.142. The molecule has 23 heavy (non-hydrogen) atoms. The summed E-state index contributed by atoms with van der Waals surface area (Å²) in [5.41, 5.74) is 0.773. The van der Waals surface area contributed by atoms with Gasteiger partial charge in [-0.15, -0.1) is 5.10 Å². The van der Waals surface area contributed by atoms with Crippen LogP contribution in [0.5, 0.6) is 0 Å². The van der Waals surface area contributed by atoms with E-state index in [1.807, 2.05) is 24.3 Å². The van der Waals surface area contributed by atoms with Crippen LogP contribution in [0.1, 0.15) is 31.6 Å². The molecule has 0 aliphatic carbocycles. The van der Waals surface area contributed by atoms with Crippen molar-refractivity contribution in [2.75, 3.05) is 7.11 Å². The Labute approximate surface area is 141 Å². The number of tetrazole rings is 1. The molecular formula is C14H16BrN5O3. The predicted octanol–water partition coefficient (Wildman–Crippen LogP) is 1.56. The number of nitrogens with one attached hydrogen (secondary N) is 1. The number of methoxy groups -OCH3 is 1. The molecule has 0 bridgehead atoms. The molecule has 0 aliphatic heterocycles. The molecule has 122 valence electrons. The number of carbonyl (C=O) groups is 2. The molecule has 2 aromatic rings.